The third-order valence-corrected chi connectivity index (χ3v) is 2.07. The lowest BCUT2D eigenvalue weighted by molar-refractivity contribution is -0.135. The number of rotatable bonds is 3. The molecular formula is C9H8BrFN2O3. The highest BCUT2D eigenvalue weighted by Crippen LogP contribution is 2.19. The van der Waals surface area contributed by atoms with Crippen LogP contribution in [0.5, 0.6) is 0 Å². The van der Waals surface area contributed by atoms with Crippen LogP contribution in [0.1, 0.15) is 0 Å². The van der Waals surface area contributed by atoms with E-state index in [1.165, 1.54) is 18.2 Å². The van der Waals surface area contributed by atoms with Gasteiger partial charge in [-0.05, 0) is 18.2 Å². The molecule has 0 aliphatic heterocycles. The molecule has 0 radical (unpaired) electrons. The zero-order chi connectivity index (χ0) is 12.1. The second-order valence-electron chi connectivity index (χ2n) is 2.83. The summed E-state index contributed by atoms with van der Waals surface area (Å²) < 4.78 is 13.7. The predicted octanol–water partition coefficient (Wildman–Crippen LogP) is 1.79. The number of carboxylic acid groups (broad SMARTS) is 1. The third kappa shape index (κ3) is 3.85. The van der Waals surface area contributed by atoms with Crippen LogP contribution in [0.25, 0.3) is 0 Å². The molecule has 0 atom stereocenters. The monoisotopic (exact) mass is 290 g/mol. The fourth-order valence-corrected chi connectivity index (χ4v) is 1.28. The molecule has 2 amide bonds. The van der Waals surface area contributed by atoms with E-state index in [1.54, 1.807) is 0 Å². The molecule has 0 aliphatic carbocycles. The van der Waals surface area contributed by atoms with Crippen LogP contribution in [-0.4, -0.2) is 23.7 Å². The molecule has 0 aromatic heterocycles. The molecule has 0 fully saturated rings. The highest BCUT2D eigenvalue weighted by Gasteiger charge is 2.07. The standard InChI is InChI=1S/C9H8BrFN2O3/c10-5-1-2-6(11)7(3-5)13-9(16)12-4-8(14)15/h1-3H,4H2,(H,14,15)(H2,12,13,16). The van der Waals surface area contributed by atoms with E-state index in [-0.39, 0.29) is 5.69 Å². The second kappa shape index (κ2) is 5.45. The summed E-state index contributed by atoms with van der Waals surface area (Å²) in [6, 6.07) is 3.25. The highest BCUT2D eigenvalue weighted by atomic mass is 79.9. The first-order valence-electron chi connectivity index (χ1n) is 4.20. The molecule has 0 saturated heterocycles. The minimum Gasteiger partial charge on any atom is -0.480 e. The Morgan fingerprint density at radius 1 is 1.44 bits per heavy atom. The molecule has 7 heteroatoms. The minimum atomic E-state index is -1.18. The number of benzene rings is 1. The minimum absolute atomic E-state index is 0.0303. The third-order valence-electron chi connectivity index (χ3n) is 1.58. The van der Waals surface area contributed by atoms with Crippen molar-refractivity contribution in [3.05, 3.63) is 28.5 Å². The molecule has 3 N–H and O–H groups in total. The van der Waals surface area contributed by atoms with Crippen LogP contribution in [0.4, 0.5) is 14.9 Å². The van der Waals surface area contributed by atoms with E-state index in [0.29, 0.717) is 4.47 Å². The maximum absolute atomic E-state index is 13.1. The Morgan fingerprint density at radius 3 is 2.75 bits per heavy atom. The fraction of sp³-hybridized carbons (Fsp3) is 0.111. The lowest BCUT2D eigenvalue weighted by Gasteiger charge is -2.07. The van der Waals surface area contributed by atoms with Crippen LogP contribution in [0.3, 0.4) is 0 Å². The number of carbonyl (C=O) groups excluding carboxylic acids is 1. The van der Waals surface area contributed by atoms with E-state index in [0.717, 1.165) is 0 Å². The molecule has 1 aromatic carbocycles. The average molecular weight is 291 g/mol. The number of hydrogen-bond donors (Lipinski definition) is 3. The number of hydrogen-bond acceptors (Lipinski definition) is 2. The molecule has 5 nitrogen and oxygen atoms in total. The van der Waals surface area contributed by atoms with Crippen molar-refractivity contribution < 1.29 is 19.1 Å². The van der Waals surface area contributed by atoms with Gasteiger partial charge in [0.1, 0.15) is 12.4 Å². The lowest BCUT2D eigenvalue weighted by Crippen LogP contribution is -2.33. The van der Waals surface area contributed by atoms with Crippen molar-refractivity contribution in [2.75, 3.05) is 11.9 Å². The molecular weight excluding hydrogens is 283 g/mol. The Balaban J connectivity index is 2.62. The molecule has 86 valence electrons. The van der Waals surface area contributed by atoms with Crippen molar-refractivity contribution in [1.29, 1.82) is 0 Å². The van der Waals surface area contributed by atoms with Crippen molar-refractivity contribution in [2.45, 2.75) is 0 Å². The first-order chi connectivity index (χ1) is 7.49. The van der Waals surface area contributed by atoms with Gasteiger partial charge in [0, 0.05) is 4.47 Å². The Labute approximate surface area is 98.8 Å². The number of nitrogens with one attached hydrogen (secondary N) is 2. The normalized spacial score (nSPS) is 9.62. The van der Waals surface area contributed by atoms with Gasteiger partial charge in [0.15, 0.2) is 0 Å². The van der Waals surface area contributed by atoms with Crippen LogP contribution in [-0.2, 0) is 4.79 Å². The first-order valence-corrected chi connectivity index (χ1v) is 5.00. The predicted molar refractivity (Wildman–Crippen MR) is 58.8 cm³/mol. The van der Waals surface area contributed by atoms with Gasteiger partial charge < -0.3 is 15.7 Å². The molecule has 0 unspecified atom stereocenters. The Morgan fingerprint density at radius 2 is 2.12 bits per heavy atom. The number of carboxylic acids is 1. The SMILES string of the molecule is O=C(O)CNC(=O)Nc1cc(Br)ccc1F. The van der Waals surface area contributed by atoms with Crippen molar-refractivity contribution in [2.24, 2.45) is 0 Å². The Hall–Kier alpha value is -1.63. The lowest BCUT2D eigenvalue weighted by atomic mass is 10.3. The summed E-state index contributed by atoms with van der Waals surface area (Å²) in [5.74, 6) is -1.78. The van der Waals surface area contributed by atoms with Gasteiger partial charge in [0.05, 0.1) is 5.69 Å². The van der Waals surface area contributed by atoms with Gasteiger partial charge in [-0.2, -0.15) is 0 Å². The van der Waals surface area contributed by atoms with Crippen molar-refractivity contribution >= 4 is 33.6 Å². The molecule has 0 heterocycles. The zero-order valence-electron chi connectivity index (χ0n) is 7.96. The molecule has 0 aliphatic rings. The summed E-state index contributed by atoms with van der Waals surface area (Å²) in [6.07, 6.45) is 0. The van der Waals surface area contributed by atoms with Crippen LogP contribution >= 0.6 is 15.9 Å². The molecule has 0 bridgehead atoms. The average Bonchev–Trinajstić information content (AvgIpc) is 2.20. The van der Waals surface area contributed by atoms with Gasteiger partial charge in [-0.3, -0.25) is 4.79 Å². The molecule has 0 spiro atoms. The van der Waals surface area contributed by atoms with Crippen LogP contribution in [0.15, 0.2) is 22.7 Å². The number of carbonyl (C=O) groups is 2. The van der Waals surface area contributed by atoms with Crippen molar-refractivity contribution in [3.63, 3.8) is 0 Å². The summed E-state index contributed by atoms with van der Waals surface area (Å²) in [5.41, 5.74) is -0.0303. The van der Waals surface area contributed by atoms with Crippen molar-refractivity contribution in [1.82, 2.24) is 5.32 Å². The Kier molecular flexibility index (Phi) is 4.24. The smallest absolute Gasteiger partial charge is 0.323 e. The van der Waals surface area contributed by atoms with E-state index in [2.05, 4.69) is 21.2 Å². The number of anilines is 1. The van der Waals surface area contributed by atoms with Gasteiger partial charge in [0.25, 0.3) is 0 Å². The Bertz CT molecular complexity index is 425. The molecule has 1 rings (SSSR count). The topological polar surface area (TPSA) is 78.4 Å². The first kappa shape index (κ1) is 12.4. The van der Waals surface area contributed by atoms with E-state index >= 15 is 0 Å². The van der Waals surface area contributed by atoms with E-state index < -0.39 is 24.4 Å². The summed E-state index contributed by atoms with van der Waals surface area (Å²) >= 11 is 3.12. The summed E-state index contributed by atoms with van der Waals surface area (Å²) in [4.78, 5) is 21.3. The van der Waals surface area contributed by atoms with Gasteiger partial charge in [-0.25, -0.2) is 9.18 Å². The largest absolute Gasteiger partial charge is 0.480 e. The van der Waals surface area contributed by atoms with Crippen LogP contribution in [0.2, 0.25) is 0 Å². The van der Waals surface area contributed by atoms with Crippen LogP contribution in [0, 0.1) is 5.82 Å². The number of amides is 2. The maximum atomic E-state index is 13.1. The summed E-state index contributed by atoms with van der Waals surface area (Å²) in [5, 5.41) is 12.5. The number of aliphatic carboxylic acids is 1. The second-order valence-corrected chi connectivity index (χ2v) is 3.74. The number of urea groups is 1. The maximum Gasteiger partial charge on any atom is 0.323 e. The van der Waals surface area contributed by atoms with E-state index in [4.69, 9.17) is 5.11 Å². The van der Waals surface area contributed by atoms with Gasteiger partial charge >= 0.3 is 12.0 Å². The quantitative estimate of drug-likeness (QED) is 0.794. The van der Waals surface area contributed by atoms with E-state index in [9.17, 15) is 14.0 Å². The van der Waals surface area contributed by atoms with Gasteiger partial charge in [0.2, 0.25) is 0 Å². The van der Waals surface area contributed by atoms with Crippen molar-refractivity contribution in [3.8, 4) is 0 Å². The molecule has 0 saturated carbocycles. The molecule has 1 aromatic rings. The van der Waals surface area contributed by atoms with Gasteiger partial charge in [-0.15, -0.1) is 0 Å². The van der Waals surface area contributed by atoms with E-state index in [1.807, 2.05) is 5.32 Å². The summed E-state index contributed by atoms with van der Waals surface area (Å²) in [6.45, 7) is -0.526. The van der Waals surface area contributed by atoms with Gasteiger partial charge in [-0.1, -0.05) is 15.9 Å². The zero-order valence-corrected chi connectivity index (χ0v) is 9.54. The fourth-order valence-electron chi connectivity index (χ4n) is 0.916. The molecule has 16 heavy (non-hydrogen) atoms. The van der Waals surface area contributed by atoms with Crippen LogP contribution < -0.4 is 10.6 Å². The summed E-state index contributed by atoms with van der Waals surface area (Å²) in [7, 11) is 0. The highest BCUT2D eigenvalue weighted by molar-refractivity contribution is 9.10. The number of halogens is 2.